The molecule has 0 bridgehead atoms. The zero-order chi connectivity index (χ0) is 34.5. The standard InChI is InChI=1S/C34H53ClO10/c1-10-29(43-25(7)37)23(5)32(40)28(35)18-20(2)12-11-13-21(3)33-22(4)14-15-30(44-26(8)38)34(9,41)17-16-27(42-24(6)36)19-31(39)45-33/h11-15,20,22-23,27-30,32-33,40-41H,10,16-19H2,1-9H3. The van der Waals surface area contributed by atoms with Crippen LogP contribution in [0.2, 0.25) is 0 Å². The molecular weight excluding hydrogens is 604 g/mol. The Hall–Kier alpha value is -2.69. The summed E-state index contributed by atoms with van der Waals surface area (Å²) in [5.74, 6) is -2.80. The molecule has 0 fully saturated rings. The molecule has 0 aliphatic carbocycles. The fourth-order valence-electron chi connectivity index (χ4n) is 5.34. The number of aliphatic hydroxyl groups is 2. The quantitative estimate of drug-likeness (QED) is 0.0925. The maximum absolute atomic E-state index is 13.0. The fraction of sp³-hybridized carbons (Fsp3) is 0.706. The lowest BCUT2D eigenvalue weighted by Crippen LogP contribution is -2.42. The van der Waals surface area contributed by atoms with E-state index in [1.54, 1.807) is 12.2 Å². The predicted octanol–water partition coefficient (Wildman–Crippen LogP) is 5.36. The van der Waals surface area contributed by atoms with Crippen molar-refractivity contribution in [2.45, 2.75) is 136 Å². The number of ether oxygens (including phenoxy) is 4. The van der Waals surface area contributed by atoms with Crippen LogP contribution >= 0.6 is 11.6 Å². The van der Waals surface area contributed by atoms with Gasteiger partial charge in [0.05, 0.1) is 17.9 Å². The topological polar surface area (TPSA) is 146 Å². The van der Waals surface area contributed by atoms with Gasteiger partial charge in [0.15, 0.2) is 0 Å². The van der Waals surface area contributed by atoms with Crippen LogP contribution in [-0.4, -0.2) is 75.6 Å². The first kappa shape index (κ1) is 40.3. The summed E-state index contributed by atoms with van der Waals surface area (Å²) in [5, 5.41) is 21.4. The zero-order valence-corrected chi connectivity index (χ0v) is 28.9. The molecule has 10 atom stereocenters. The summed E-state index contributed by atoms with van der Waals surface area (Å²) < 4.78 is 22.0. The summed E-state index contributed by atoms with van der Waals surface area (Å²) in [7, 11) is 0. The summed E-state index contributed by atoms with van der Waals surface area (Å²) in [6.45, 7) is 14.7. The van der Waals surface area contributed by atoms with Crippen molar-refractivity contribution in [3.8, 4) is 0 Å². The third-order valence-corrected chi connectivity index (χ3v) is 8.43. The number of hydrogen-bond donors (Lipinski definition) is 2. The molecular formula is C34H53ClO10. The normalized spacial score (nSPS) is 28.4. The summed E-state index contributed by atoms with van der Waals surface area (Å²) in [4.78, 5) is 47.9. The Labute approximate surface area is 273 Å². The molecule has 2 N–H and O–H groups in total. The molecule has 256 valence electrons. The van der Waals surface area contributed by atoms with Gasteiger partial charge in [-0.3, -0.25) is 19.2 Å². The van der Waals surface area contributed by atoms with E-state index in [0.717, 1.165) is 5.57 Å². The number of halogens is 1. The number of rotatable bonds is 12. The Kier molecular flexibility index (Phi) is 17.1. The zero-order valence-electron chi connectivity index (χ0n) is 28.2. The van der Waals surface area contributed by atoms with Crippen LogP contribution in [0.4, 0.5) is 0 Å². The Morgan fingerprint density at radius 3 is 2.29 bits per heavy atom. The van der Waals surface area contributed by atoms with E-state index in [1.165, 1.54) is 27.7 Å². The molecule has 1 aliphatic rings. The molecule has 0 aromatic heterocycles. The maximum Gasteiger partial charge on any atom is 0.310 e. The van der Waals surface area contributed by atoms with E-state index in [4.69, 9.17) is 30.5 Å². The molecule has 10 unspecified atom stereocenters. The van der Waals surface area contributed by atoms with Crippen molar-refractivity contribution in [3.63, 3.8) is 0 Å². The van der Waals surface area contributed by atoms with E-state index in [9.17, 15) is 29.4 Å². The van der Waals surface area contributed by atoms with E-state index in [-0.39, 0.29) is 37.0 Å². The van der Waals surface area contributed by atoms with Crippen molar-refractivity contribution >= 4 is 35.5 Å². The van der Waals surface area contributed by atoms with E-state index < -0.39 is 65.4 Å². The van der Waals surface area contributed by atoms with E-state index >= 15 is 0 Å². The Balaban J connectivity index is 3.17. The molecule has 0 saturated carbocycles. The largest absolute Gasteiger partial charge is 0.462 e. The smallest absolute Gasteiger partial charge is 0.310 e. The van der Waals surface area contributed by atoms with Crippen LogP contribution in [0.1, 0.15) is 94.4 Å². The van der Waals surface area contributed by atoms with Gasteiger partial charge in [0.2, 0.25) is 0 Å². The minimum absolute atomic E-state index is 0.0143. The lowest BCUT2D eigenvalue weighted by Gasteiger charge is -2.33. The molecule has 0 spiro atoms. The Bertz CT molecular complexity index is 1080. The van der Waals surface area contributed by atoms with Gasteiger partial charge in [-0.15, -0.1) is 11.6 Å². The molecule has 0 aromatic carbocycles. The van der Waals surface area contributed by atoms with Gasteiger partial charge < -0.3 is 29.2 Å². The van der Waals surface area contributed by atoms with Crippen LogP contribution in [-0.2, 0) is 38.1 Å². The highest BCUT2D eigenvalue weighted by Crippen LogP contribution is 2.28. The predicted molar refractivity (Wildman–Crippen MR) is 171 cm³/mol. The summed E-state index contributed by atoms with van der Waals surface area (Å²) in [5.41, 5.74) is -0.754. The van der Waals surface area contributed by atoms with Gasteiger partial charge >= 0.3 is 23.9 Å². The summed E-state index contributed by atoms with van der Waals surface area (Å²) >= 11 is 6.57. The first-order chi connectivity index (χ1) is 20.9. The molecule has 1 heterocycles. The number of cyclic esters (lactones) is 1. The molecule has 0 radical (unpaired) electrons. The van der Waals surface area contributed by atoms with Crippen molar-refractivity contribution in [3.05, 3.63) is 36.0 Å². The molecule has 0 aromatic rings. The SMILES string of the molecule is CCC(OC(C)=O)C(C)C(O)C(Cl)CC(C)C=CC=C(C)C1OC(=O)CC(OC(C)=O)CCC(C)(O)C(OC(C)=O)C=CC1C. The molecule has 10 nitrogen and oxygen atoms in total. The van der Waals surface area contributed by atoms with Crippen LogP contribution < -0.4 is 0 Å². The number of carbonyl (C=O) groups excluding carboxylic acids is 4. The van der Waals surface area contributed by atoms with Gasteiger partial charge in [0, 0.05) is 32.6 Å². The minimum atomic E-state index is -1.48. The minimum Gasteiger partial charge on any atom is -0.462 e. The van der Waals surface area contributed by atoms with Crippen molar-refractivity contribution in [1.29, 1.82) is 0 Å². The highest BCUT2D eigenvalue weighted by Gasteiger charge is 2.36. The molecule has 0 amide bonds. The van der Waals surface area contributed by atoms with Gasteiger partial charge in [-0.2, -0.15) is 0 Å². The van der Waals surface area contributed by atoms with Gasteiger partial charge in [0.1, 0.15) is 30.0 Å². The lowest BCUT2D eigenvalue weighted by atomic mass is 9.88. The van der Waals surface area contributed by atoms with Crippen molar-refractivity contribution in [1.82, 2.24) is 0 Å². The molecule has 11 heteroatoms. The van der Waals surface area contributed by atoms with Crippen molar-refractivity contribution in [2.24, 2.45) is 17.8 Å². The van der Waals surface area contributed by atoms with Crippen LogP contribution in [0.5, 0.6) is 0 Å². The molecule has 1 rings (SSSR count). The average Bonchev–Trinajstić information content (AvgIpc) is 2.93. The molecule has 0 saturated heterocycles. The second-order valence-corrected chi connectivity index (χ2v) is 13.0. The second kappa shape index (κ2) is 19.1. The number of carbonyl (C=O) groups is 4. The first-order valence-corrected chi connectivity index (χ1v) is 16.1. The Morgan fingerprint density at radius 2 is 1.73 bits per heavy atom. The lowest BCUT2D eigenvalue weighted by molar-refractivity contribution is -0.160. The number of alkyl halides is 1. The fourth-order valence-corrected chi connectivity index (χ4v) is 5.85. The van der Waals surface area contributed by atoms with Gasteiger partial charge in [-0.25, -0.2) is 0 Å². The monoisotopic (exact) mass is 656 g/mol. The van der Waals surface area contributed by atoms with E-state index in [2.05, 4.69) is 0 Å². The van der Waals surface area contributed by atoms with Crippen molar-refractivity contribution < 1.29 is 48.3 Å². The van der Waals surface area contributed by atoms with Crippen LogP contribution in [0.3, 0.4) is 0 Å². The highest BCUT2D eigenvalue weighted by molar-refractivity contribution is 6.21. The highest BCUT2D eigenvalue weighted by atomic mass is 35.5. The van der Waals surface area contributed by atoms with Crippen LogP contribution in [0.25, 0.3) is 0 Å². The Morgan fingerprint density at radius 1 is 1.11 bits per heavy atom. The molecule has 1 aliphatic heterocycles. The summed E-state index contributed by atoms with van der Waals surface area (Å²) in [6, 6.07) is 0. The number of esters is 4. The number of allylic oxidation sites excluding steroid dienone is 3. The van der Waals surface area contributed by atoms with Gasteiger partial charge in [-0.05, 0) is 57.1 Å². The maximum atomic E-state index is 13.0. The molecule has 45 heavy (non-hydrogen) atoms. The average molecular weight is 657 g/mol. The van der Waals surface area contributed by atoms with Gasteiger partial charge in [-0.1, -0.05) is 52.0 Å². The second-order valence-electron chi connectivity index (χ2n) is 12.4. The summed E-state index contributed by atoms with van der Waals surface area (Å²) in [6.07, 6.45) is 6.21. The number of aliphatic hydroxyl groups excluding tert-OH is 1. The van der Waals surface area contributed by atoms with Gasteiger partial charge in [0.25, 0.3) is 0 Å². The van der Waals surface area contributed by atoms with Crippen LogP contribution in [0, 0.1) is 17.8 Å². The van der Waals surface area contributed by atoms with Crippen molar-refractivity contribution in [2.75, 3.05) is 0 Å². The first-order valence-electron chi connectivity index (χ1n) is 15.7. The third-order valence-electron chi connectivity index (χ3n) is 7.99. The van der Waals surface area contributed by atoms with E-state index in [0.29, 0.717) is 12.8 Å². The third kappa shape index (κ3) is 14.5. The number of hydrogen-bond acceptors (Lipinski definition) is 10. The van der Waals surface area contributed by atoms with Crippen LogP contribution in [0.15, 0.2) is 36.0 Å². The van der Waals surface area contributed by atoms with E-state index in [1.807, 2.05) is 52.8 Å².